The van der Waals surface area contributed by atoms with E-state index in [0.717, 1.165) is 39.3 Å². The predicted octanol–water partition coefficient (Wildman–Crippen LogP) is 0.308. The van der Waals surface area contributed by atoms with Crippen molar-refractivity contribution in [2.75, 3.05) is 45.8 Å². The van der Waals surface area contributed by atoms with Crippen molar-refractivity contribution in [2.45, 2.75) is 38.9 Å². The Morgan fingerprint density at radius 1 is 1.11 bits per heavy atom. The van der Waals surface area contributed by atoms with Gasteiger partial charge in [0.05, 0.1) is 17.7 Å². The maximum atomic E-state index is 12.3. The molecule has 110 valence electrons. The van der Waals surface area contributed by atoms with E-state index >= 15 is 0 Å². The maximum Gasteiger partial charge on any atom is 0.236 e. The Balaban J connectivity index is 1.92. The van der Waals surface area contributed by atoms with E-state index in [1.165, 1.54) is 0 Å². The molecule has 0 saturated carbocycles. The van der Waals surface area contributed by atoms with Gasteiger partial charge in [-0.3, -0.25) is 9.69 Å². The topological polar surface area (TPSA) is 44.8 Å². The van der Waals surface area contributed by atoms with Crippen LogP contribution in [0.4, 0.5) is 0 Å². The van der Waals surface area contributed by atoms with Crippen molar-refractivity contribution in [2.24, 2.45) is 0 Å². The van der Waals surface area contributed by atoms with Gasteiger partial charge in [0.25, 0.3) is 0 Å². The number of ether oxygens (including phenoxy) is 1. The minimum absolute atomic E-state index is 0.189. The summed E-state index contributed by atoms with van der Waals surface area (Å²) < 4.78 is 6.04. The second-order valence-electron chi connectivity index (χ2n) is 6.90. The van der Waals surface area contributed by atoms with Crippen molar-refractivity contribution in [1.29, 1.82) is 0 Å². The van der Waals surface area contributed by atoms with Gasteiger partial charge in [-0.1, -0.05) is 0 Å². The number of rotatable bonds is 2. The van der Waals surface area contributed by atoms with Crippen molar-refractivity contribution in [3.05, 3.63) is 0 Å². The van der Waals surface area contributed by atoms with Crippen molar-refractivity contribution in [3.8, 4) is 0 Å². The predicted molar refractivity (Wildman–Crippen MR) is 75.1 cm³/mol. The van der Waals surface area contributed by atoms with E-state index in [2.05, 4.69) is 37.9 Å². The highest BCUT2D eigenvalue weighted by atomic mass is 16.5. The zero-order valence-electron chi connectivity index (χ0n) is 12.7. The molecule has 0 unspecified atom stereocenters. The number of piperazine rings is 1. The van der Waals surface area contributed by atoms with Crippen LogP contribution in [0, 0.1) is 0 Å². The molecule has 0 aliphatic carbocycles. The van der Waals surface area contributed by atoms with E-state index in [4.69, 9.17) is 4.74 Å². The van der Waals surface area contributed by atoms with Gasteiger partial charge in [0.15, 0.2) is 0 Å². The molecular formula is C14H27N3O2. The lowest BCUT2D eigenvalue weighted by Crippen LogP contribution is -2.59. The molecule has 1 N–H and O–H groups in total. The van der Waals surface area contributed by atoms with Gasteiger partial charge in [0.1, 0.15) is 0 Å². The Bertz CT molecular complexity index is 320. The first-order valence-corrected chi connectivity index (χ1v) is 7.18. The number of morpholine rings is 1. The van der Waals surface area contributed by atoms with Crippen LogP contribution in [0.15, 0.2) is 0 Å². The van der Waals surface area contributed by atoms with Crippen LogP contribution in [-0.2, 0) is 9.53 Å². The fourth-order valence-electron chi connectivity index (χ4n) is 3.26. The molecule has 2 aliphatic heterocycles. The molecule has 0 spiro atoms. The lowest BCUT2D eigenvalue weighted by atomic mass is 9.99. The number of amides is 1. The van der Waals surface area contributed by atoms with E-state index in [1.807, 2.05) is 4.90 Å². The highest BCUT2D eigenvalue weighted by molar-refractivity contribution is 5.78. The molecular weight excluding hydrogens is 242 g/mol. The van der Waals surface area contributed by atoms with E-state index in [0.29, 0.717) is 6.54 Å². The molecule has 0 radical (unpaired) electrons. The van der Waals surface area contributed by atoms with Crippen LogP contribution in [0.3, 0.4) is 0 Å². The first-order valence-electron chi connectivity index (χ1n) is 7.18. The fourth-order valence-corrected chi connectivity index (χ4v) is 3.26. The summed E-state index contributed by atoms with van der Waals surface area (Å²) in [6.07, 6.45) is 0. The summed E-state index contributed by atoms with van der Waals surface area (Å²) in [6.45, 7) is 14.0. The molecule has 5 heteroatoms. The number of carbonyl (C=O) groups is 1. The van der Waals surface area contributed by atoms with Crippen LogP contribution < -0.4 is 5.32 Å². The quantitative estimate of drug-likeness (QED) is 0.783. The third-order valence-corrected chi connectivity index (χ3v) is 3.59. The molecule has 2 aliphatic rings. The van der Waals surface area contributed by atoms with Crippen molar-refractivity contribution in [1.82, 2.24) is 15.1 Å². The van der Waals surface area contributed by atoms with E-state index in [1.54, 1.807) is 0 Å². The van der Waals surface area contributed by atoms with Crippen LogP contribution >= 0.6 is 0 Å². The van der Waals surface area contributed by atoms with Gasteiger partial charge < -0.3 is 15.0 Å². The number of hydrogen-bond acceptors (Lipinski definition) is 4. The number of nitrogens with zero attached hydrogens (tertiary/aromatic N) is 2. The maximum absolute atomic E-state index is 12.3. The standard InChI is InChI=1S/C14H27N3O2/c1-13(2)10-16(11-14(3,4)19-13)9-12(18)17-7-5-15-6-8-17/h15H,5-11H2,1-4H3. The Morgan fingerprint density at radius 2 is 1.63 bits per heavy atom. The van der Waals surface area contributed by atoms with Crippen LogP contribution in [0.25, 0.3) is 0 Å². The van der Waals surface area contributed by atoms with Crippen molar-refractivity contribution in [3.63, 3.8) is 0 Å². The summed E-state index contributed by atoms with van der Waals surface area (Å²) in [7, 11) is 0. The highest BCUT2D eigenvalue weighted by Crippen LogP contribution is 2.27. The molecule has 0 aromatic carbocycles. The minimum Gasteiger partial charge on any atom is -0.367 e. The average molecular weight is 269 g/mol. The molecule has 2 saturated heterocycles. The molecule has 2 heterocycles. The lowest BCUT2D eigenvalue weighted by Gasteiger charge is -2.47. The Hall–Kier alpha value is -0.650. The average Bonchev–Trinajstić information content (AvgIpc) is 2.25. The third-order valence-electron chi connectivity index (χ3n) is 3.59. The van der Waals surface area contributed by atoms with Crippen molar-refractivity contribution < 1.29 is 9.53 Å². The monoisotopic (exact) mass is 269 g/mol. The van der Waals surface area contributed by atoms with Crippen LogP contribution in [0.2, 0.25) is 0 Å². The molecule has 2 fully saturated rings. The van der Waals surface area contributed by atoms with Gasteiger partial charge in [-0.15, -0.1) is 0 Å². The SMILES string of the molecule is CC1(C)CN(CC(=O)N2CCNCC2)CC(C)(C)O1. The Kier molecular flexibility index (Phi) is 4.18. The molecule has 19 heavy (non-hydrogen) atoms. The molecule has 2 rings (SSSR count). The Labute approximate surface area is 116 Å². The van der Waals surface area contributed by atoms with Crippen molar-refractivity contribution >= 4 is 5.91 Å². The van der Waals surface area contributed by atoms with Gasteiger partial charge in [0.2, 0.25) is 5.91 Å². The minimum atomic E-state index is -0.189. The summed E-state index contributed by atoms with van der Waals surface area (Å²) in [6, 6.07) is 0. The zero-order chi connectivity index (χ0) is 14.1. The highest BCUT2D eigenvalue weighted by Gasteiger charge is 2.38. The molecule has 0 aromatic rings. The second-order valence-corrected chi connectivity index (χ2v) is 6.90. The van der Waals surface area contributed by atoms with E-state index in [9.17, 15) is 4.79 Å². The molecule has 1 amide bonds. The first-order chi connectivity index (χ1) is 8.77. The molecule has 5 nitrogen and oxygen atoms in total. The number of carbonyl (C=O) groups excluding carboxylic acids is 1. The van der Waals surface area contributed by atoms with Gasteiger partial charge in [-0.2, -0.15) is 0 Å². The lowest BCUT2D eigenvalue weighted by molar-refractivity contribution is -0.182. The number of nitrogens with one attached hydrogen (secondary N) is 1. The normalized spacial score (nSPS) is 27.3. The van der Waals surface area contributed by atoms with Gasteiger partial charge >= 0.3 is 0 Å². The van der Waals surface area contributed by atoms with Gasteiger partial charge in [-0.05, 0) is 27.7 Å². The Morgan fingerprint density at radius 3 is 2.16 bits per heavy atom. The largest absolute Gasteiger partial charge is 0.367 e. The molecule has 0 atom stereocenters. The zero-order valence-corrected chi connectivity index (χ0v) is 12.7. The van der Waals surface area contributed by atoms with Crippen LogP contribution in [-0.4, -0.2) is 72.7 Å². The number of hydrogen-bond donors (Lipinski definition) is 1. The smallest absolute Gasteiger partial charge is 0.236 e. The van der Waals surface area contributed by atoms with E-state index < -0.39 is 0 Å². The summed E-state index contributed by atoms with van der Waals surface area (Å²) in [5.41, 5.74) is -0.378. The third kappa shape index (κ3) is 4.16. The summed E-state index contributed by atoms with van der Waals surface area (Å²) in [5.74, 6) is 0.245. The fraction of sp³-hybridized carbons (Fsp3) is 0.929. The first kappa shape index (κ1) is 14.8. The summed E-state index contributed by atoms with van der Waals surface area (Å²) >= 11 is 0. The molecule has 0 aromatic heterocycles. The van der Waals surface area contributed by atoms with Gasteiger partial charge in [0, 0.05) is 39.3 Å². The van der Waals surface area contributed by atoms with Crippen LogP contribution in [0.1, 0.15) is 27.7 Å². The van der Waals surface area contributed by atoms with Gasteiger partial charge in [-0.25, -0.2) is 0 Å². The summed E-state index contributed by atoms with van der Waals surface area (Å²) in [5, 5.41) is 3.27. The van der Waals surface area contributed by atoms with E-state index in [-0.39, 0.29) is 17.1 Å². The summed E-state index contributed by atoms with van der Waals surface area (Å²) in [4.78, 5) is 16.5. The van der Waals surface area contributed by atoms with Crippen LogP contribution in [0.5, 0.6) is 0 Å². The molecule has 0 bridgehead atoms. The second kappa shape index (κ2) is 5.38.